The number of benzene rings is 1. The number of hydrogen-bond acceptors (Lipinski definition) is 5. The van der Waals surface area contributed by atoms with Gasteiger partial charge in [-0.25, -0.2) is 8.42 Å². The topological polar surface area (TPSA) is 101 Å². The van der Waals surface area contributed by atoms with Crippen molar-refractivity contribution in [1.82, 2.24) is 10.5 Å². The number of nitrogens with one attached hydrogen (secondary N) is 2. The highest BCUT2D eigenvalue weighted by Gasteiger charge is 2.25. The number of carbonyl (C=O) groups is 1. The van der Waals surface area contributed by atoms with Crippen LogP contribution in [0.2, 0.25) is 0 Å². The van der Waals surface area contributed by atoms with E-state index in [9.17, 15) is 13.2 Å². The fourth-order valence-electron chi connectivity index (χ4n) is 2.45. The van der Waals surface area contributed by atoms with E-state index in [-0.39, 0.29) is 23.0 Å². The molecule has 1 aromatic heterocycles. The molecule has 0 saturated heterocycles. The standard InChI is InChI=1S/C16H19N3O4S/c1-10-16(11(2)23-18-10)24(21,22)19-14-5-3-12(4-6-14)9-15(20)17-13-7-8-13/h3-6,13,19H,7-9H2,1-2H3,(H,17,20). The highest BCUT2D eigenvalue weighted by Crippen LogP contribution is 2.23. The van der Waals surface area contributed by atoms with E-state index >= 15 is 0 Å². The monoisotopic (exact) mass is 349 g/mol. The molecule has 1 heterocycles. The third kappa shape index (κ3) is 3.76. The Morgan fingerprint density at radius 1 is 1.25 bits per heavy atom. The van der Waals surface area contributed by atoms with E-state index in [1.807, 2.05) is 0 Å². The Bertz CT molecular complexity index is 832. The average Bonchev–Trinajstić information content (AvgIpc) is 3.23. The van der Waals surface area contributed by atoms with E-state index in [0.29, 0.717) is 17.4 Å². The summed E-state index contributed by atoms with van der Waals surface area (Å²) in [7, 11) is -3.76. The number of aryl methyl sites for hydroxylation is 2. The van der Waals surface area contributed by atoms with Crippen LogP contribution in [-0.2, 0) is 21.2 Å². The predicted molar refractivity (Wildman–Crippen MR) is 88.1 cm³/mol. The van der Waals surface area contributed by atoms with Gasteiger partial charge < -0.3 is 9.84 Å². The van der Waals surface area contributed by atoms with Gasteiger partial charge in [0, 0.05) is 11.7 Å². The third-order valence-corrected chi connectivity index (χ3v) is 5.37. The minimum absolute atomic E-state index is 0.0125. The number of carbonyl (C=O) groups excluding carboxylic acids is 1. The van der Waals surface area contributed by atoms with Crippen molar-refractivity contribution < 1.29 is 17.7 Å². The van der Waals surface area contributed by atoms with Crippen LogP contribution in [0.3, 0.4) is 0 Å². The molecule has 0 unspecified atom stereocenters. The van der Waals surface area contributed by atoms with Crippen molar-refractivity contribution in [3.8, 4) is 0 Å². The fraction of sp³-hybridized carbons (Fsp3) is 0.375. The van der Waals surface area contributed by atoms with Crippen molar-refractivity contribution in [3.05, 3.63) is 41.3 Å². The Hall–Kier alpha value is -2.35. The van der Waals surface area contributed by atoms with Crippen LogP contribution in [-0.4, -0.2) is 25.5 Å². The predicted octanol–water partition coefficient (Wildman–Crippen LogP) is 1.91. The van der Waals surface area contributed by atoms with Crippen LogP contribution in [0.25, 0.3) is 0 Å². The molecule has 0 bridgehead atoms. The van der Waals surface area contributed by atoms with Gasteiger partial charge in [-0.15, -0.1) is 0 Å². The zero-order valence-corrected chi connectivity index (χ0v) is 14.3. The lowest BCUT2D eigenvalue weighted by atomic mass is 10.1. The van der Waals surface area contributed by atoms with E-state index < -0.39 is 10.0 Å². The molecule has 1 aliphatic carbocycles. The zero-order chi connectivity index (χ0) is 17.3. The van der Waals surface area contributed by atoms with Crippen molar-refractivity contribution in [2.45, 2.75) is 44.0 Å². The largest absolute Gasteiger partial charge is 0.360 e. The summed E-state index contributed by atoms with van der Waals surface area (Å²) in [6.45, 7) is 3.13. The van der Waals surface area contributed by atoms with Crippen molar-refractivity contribution in [1.29, 1.82) is 0 Å². The van der Waals surface area contributed by atoms with Gasteiger partial charge in [-0.2, -0.15) is 0 Å². The van der Waals surface area contributed by atoms with Crippen LogP contribution in [0.15, 0.2) is 33.7 Å². The van der Waals surface area contributed by atoms with Crippen LogP contribution >= 0.6 is 0 Å². The van der Waals surface area contributed by atoms with Gasteiger partial charge in [-0.1, -0.05) is 17.3 Å². The Morgan fingerprint density at radius 3 is 2.46 bits per heavy atom. The number of aromatic nitrogens is 1. The van der Waals surface area contributed by atoms with Crippen molar-refractivity contribution in [2.24, 2.45) is 0 Å². The molecule has 0 atom stereocenters. The lowest BCUT2D eigenvalue weighted by molar-refractivity contribution is -0.120. The Labute approximate surface area is 140 Å². The van der Waals surface area contributed by atoms with Gasteiger partial charge in [-0.3, -0.25) is 9.52 Å². The number of hydrogen-bond donors (Lipinski definition) is 2. The van der Waals surface area contributed by atoms with Gasteiger partial charge in [0.2, 0.25) is 5.91 Å². The molecule has 0 aliphatic heterocycles. The molecular formula is C16H19N3O4S. The summed E-state index contributed by atoms with van der Waals surface area (Å²) in [5, 5.41) is 6.58. The molecule has 24 heavy (non-hydrogen) atoms. The number of amides is 1. The number of rotatable bonds is 6. The first-order chi connectivity index (χ1) is 11.3. The van der Waals surface area contributed by atoms with Crippen LogP contribution in [0, 0.1) is 13.8 Å². The number of nitrogens with zero attached hydrogens (tertiary/aromatic N) is 1. The quantitative estimate of drug-likeness (QED) is 0.829. The zero-order valence-electron chi connectivity index (χ0n) is 13.5. The minimum atomic E-state index is -3.76. The minimum Gasteiger partial charge on any atom is -0.360 e. The van der Waals surface area contributed by atoms with Gasteiger partial charge in [0.25, 0.3) is 10.0 Å². The second kappa shape index (κ2) is 6.27. The molecule has 8 heteroatoms. The molecule has 3 rings (SSSR count). The fourth-order valence-corrected chi connectivity index (χ4v) is 3.84. The number of anilines is 1. The maximum Gasteiger partial charge on any atom is 0.267 e. The molecule has 1 saturated carbocycles. The molecule has 1 aromatic carbocycles. The summed E-state index contributed by atoms with van der Waals surface area (Å²) in [6, 6.07) is 7.07. The van der Waals surface area contributed by atoms with E-state index in [0.717, 1.165) is 18.4 Å². The first-order valence-corrected chi connectivity index (χ1v) is 9.17. The summed E-state index contributed by atoms with van der Waals surface area (Å²) in [4.78, 5) is 11.8. The van der Waals surface area contributed by atoms with Crippen LogP contribution in [0.1, 0.15) is 29.9 Å². The van der Waals surface area contributed by atoms with Crippen LogP contribution in [0.5, 0.6) is 0 Å². The Kier molecular flexibility index (Phi) is 4.31. The molecule has 2 aromatic rings. The molecule has 0 spiro atoms. The third-order valence-electron chi connectivity index (χ3n) is 3.75. The molecule has 1 fully saturated rings. The SMILES string of the molecule is Cc1noc(C)c1S(=O)(=O)Nc1ccc(CC(=O)NC2CC2)cc1. The van der Waals surface area contributed by atoms with Gasteiger partial charge in [0.1, 0.15) is 5.69 Å². The van der Waals surface area contributed by atoms with Crippen LogP contribution in [0.4, 0.5) is 5.69 Å². The average molecular weight is 349 g/mol. The highest BCUT2D eigenvalue weighted by molar-refractivity contribution is 7.92. The molecule has 1 amide bonds. The van der Waals surface area contributed by atoms with Gasteiger partial charge in [0.05, 0.1) is 6.42 Å². The van der Waals surface area contributed by atoms with E-state index in [1.54, 1.807) is 38.1 Å². The van der Waals surface area contributed by atoms with Crippen LogP contribution < -0.4 is 10.0 Å². The van der Waals surface area contributed by atoms with E-state index in [1.165, 1.54) is 0 Å². The van der Waals surface area contributed by atoms with Crippen molar-refractivity contribution in [2.75, 3.05) is 4.72 Å². The first-order valence-electron chi connectivity index (χ1n) is 7.69. The lowest BCUT2D eigenvalue weighted by Crippen LogP contribution is -2.26. The highest BCUT2D eigenvalue weighted by atomic mass is 32.2. The first kappa shape index (κ1) is 16.5. The summed E-state index contributed by atoms with van der Waals surface area (Å²) >= 11 is 0. The molecule has 1 aliphatic rings. The summed E-state index contributed by atoms with van der Waals surface area (Å²) in [5.41, 5.74) is 1.56. The summed E-state index contributed by atoms with van der Waals surface area (Å²) in [6.07, 6.45) is 2.38. The van der Waals surface area contributed by atoms with E-state index in [2.05, 4.69) is 15.2 Å². The van der Waals surface area contributed by atoms with Gasteiger partial charge in [0.15, 0.2) is 10.7 Å². The second-order valence-corrected chi connectivity index (χ2v) is 7.59. The Balaban J connectivity index is 1.68. The van der Waals surface area contributed by atoms with Gasteiger partial charge in [-0.05, 0) is 44.4 Å². The molecule has 128 valence electrons. The van der Waals surface area contributed by atoms with Gasteiger partial charge >= 0.3 is 0 Å². The molecule has 0 radical (unpaired) electrons. The summed E-state index contributed by atoms with van der Waals surface area (Å²) < 4.78 is 32.2. The normalized spacial score (nSPS) is 14.4. The maximum absolute atomic E-state index is 12.4. The number of sulfonamides is 1. The van der Waals surface area contributed by atoms with Crippen molar-refractivity contribution in [3.63, 3.8) is 0 Å². The Morgan fingerprint density at radius 2 is 1.92 bits per heavy atom. The lowest BCUT2D eigenvalue weighted by Gasteiger charge is -2.08. The maximum atomic E-state index is 12.4. The van der Waals surface area contributed by atoms with Crippen molar-refractivity contribution >= 4 is 21.6 Å². The molecule has 7 nitrogen and oxygen atoms in total. The summed E-state index contributed by atoms with van der Waals surface area (Å²) in [5.74, 6) is 0.231. The van der Waals surface area contributed by atoms with E-state index in [4.69, 9.17) is 4.52 Å². The molecule has 2 N–H and O–H groups in total. The second-order valence-electron chi connectivity index (χ2n) is 5.97. The molecular weight excluding hydrogens is 330 g/mol. The smallest absolute Gasteiger partial charge is 0.267 e.